The number of fused-ring (bicyclic) bond motifs is 2. The van der Waals surface area contributed by atoms with E-state index in [1.54, 1.807) is 24.3 Å². The number of carboxylic acids is 4. The summed E-state index contributed by atoms with van der Waals surface area (Å²) in [5, 5.41) is 44.6. The maximum atomic E-state index is 10.8. The first-order valence-corrected chi connectivity index (χ1v) is 9.11. The molecule has 0 bridgehead atoms. The largest absolute Gasteiger partial charge is 4.00 e. The number of hydrogen-bond acceptors (Lipinski definition) is 8. The molecule has 8 nitrogen and oxygen atoms in total. The predicted octanol–water partition coefficient (Wildman–Crippen LogP) is -0.866. The SMILES string of the molecule is O=C([O-])c1ccc(C(=O)[O-])c2ccccc12.O=C([O-])c1ccc(C(=O)[O-])c2ccccc12.[Th+4]. The van der Waals surface area contributed by atoms with Crippen LogP contribution in [0.2, 0.25) is 0 Å². The van der Waals surface area contributed by atoms with E-state index in [1.807, 2.05) is 0 Å². The summed E-state index contributed by atoms with van der Waals surface area (Å²) in [7, 11) is 0. The fourth-order valence-corrected chi connectivity index (χ4v) is 3.31. The van der Waals surface area contributed by atoms with Gasteiger partial charge in [0.1, 0.15) is 0 Å². The summed E-state index contributed by atoms with van der Waals surface area (Å²) in [6.45, 7) is 0. The topological polar surface area (TPSA) is 161 Å². The number of benzene rings is 4. The van der Waals surface area contributed by atoms with E-state index in [1.165, 1.54) is 48.5 Å². The van der Waals surface area contributed by atoms with Gasteiger partial charge in [-0.2, -0.15) is 0 Å². The second-order valence-corrected chi connectivity index (χ2v) is 6.56. The van der Waals surface area contributed by atoms with Crippen molar-refractivity contribution in [2.24, 2.45) is 0 Å². The Balaban J connectivity index is 0.000000227. The van der Waals surface area contributed by atoms with Gasteiger partial charge in [0, 0.05) is 22.3 Å². The molecular weight excluding hydrogens is 648 g/mol. The van der Waals surface area contributed by atoms with E-state index in [0.717, 1.165) is 0 Å². The first kappa shape index (κ1) is 25.9. The Hall–Kier alpha value is -3.40. The van der Waals surface area contributed by atoms with Gasteiger partial charge in [0.05, 0.1) is 23.9 Å². The number of aromatic carboxylic acids is 4. The fraction of sp³-hybridized carbons (Fsp3) is 0. The maximum Gasteiger partial charge on any atom is 4.00 e. The molecule has 9 heteroatoms. The van der Waals surface area contributed by atoms with Crippen molar-refractivity contribution in [1.29, 1.82) is 0 Å². The summed E-state index contributed by atoms with van der Waals surface area (Å²) in [6, 6.07) is 17.5. The van der Waals surface area contributed by atoms with Crippen molar-refractivity contribution >= 4 is 45.4 Å². The summed E-state index contributed by atoms with van der Waals surface area (Å²) >= 11 is 0. The second-order valence-electron chi connectivity index (χ2n) is 6.56. The number of carboxylic acid groups (broad SMARTS) is 4. The maximum absolute atomic E-state index is 10.8. The zero-order valence-electron chi connectivity index (χ0n) is 16.7. The fourth-order valence-electron chi connectivity index (χ4n) is 3.31. The third-order valence-electron chi connectivity index (χ3n) is 4.73. The van der Waals surface area contributed by atoms with Crippen molar-refractivity contribution in [1.82, 2.24) is 0 Å². The van der Waals surface area contributed by atoms with Gasteiger partial charge in [-0.1, -0.05) is 72.8 Å². The van der Waals surface area contributed by atoms with Gasteiger partial charge in [-0.3, -0.25) is 0 Å². The van der Waals surface area contributed by atoms with Crippen LogP contribution in [0.1, 0.15) is 41.4 Å². The van der Waals surface area contributed by atoms with Crippen LogP contribution in [0.5, 0.6) is 0 Å². The summed E-state index contributed by atoms with van der Waals surface area (Å²) in [5.41, 5.74) is -0.109. The molecule has 0 unspecified atom stereocenters. The predicted molar refractivity (Wildman–Crippen MR) is 105 cm³/mol. The van der Waals surface area contributed by atoms with Crippen LogP contribution in [-0.4, -0.2) is 23.9 Å². The van der Waals surface area contributed by atoms with Gasteiger partial charge in [-0.15, -0.1) is 0 Å². The molecule has 0 aromatic heterocycles. The third-order valence-corrected chi connectivity index (χ3v) is 4.73. The van der Waals surface area contributed by atoms with Crippen LogP contribution in [0, 0.1) is 39.9 Å². The Morgan fingerprint density at radius 1 is 0.394 bits per heavy atom. The van der Waals surface area contributed by atoms with Gasteiger partial charge < -0.3 is 39.6 Å². The molecule has 0 atom stereocenters. The van der Waals surface area contributed by atoms with Crippen LogP contribution in [0.4, 0.5) is 0 Å². The molecule has 0 aliphatic heterocycles. The van der Waals surface area contributed by atoms with Crippen molar-refractivity contribution in [2.45, 2.75) is 0 Å². The molecule has 4 aromatic rings. The molecule has 0 saturated heterocycles. The Labute approximate surface area is 218 Å². The van der Waals surface area contributed by atoms with E-state index in [9.17, 15) is 39.6 Å². The van der Waals surface area contributed by atoms with E-state index < -0.39 is 23.9 Å². The van der Waals surface area contributed by atoms with Crippen LogP contribution in [-0.2, 0) is 0 Å². The average molecular weight is 660 g/mol. The summed E-state index contributed by atoms with van der Waals surface area (Å²) < 4.78 is 0. The van der Waals surface area contributed by atoms with Crippen LogP contribution in [0.25, 0.3) is 21.5 Å². The first-order chi connectivity index (χ1) is 15.2. The molecule has 0 N–H and O–H groups in total. The molecule has 0 aliphatic carbocycles. The number of rotatable bonds is 4. The molecule has 0 saturated carbocycles. The molecule has 0 spiro atoms. The van der Waals surface area contributed by atoms with Crippen molar-refractivity contribution in [2.75, 3.05) is 0 Å². The Morgan fingerprint density at radius 3 is 0.727 bits per heavy atom. The van der Waals surface area contributed by atoms with Crippen molar-refractivity contribution in [3.63, 3.8) is 0 Å². The standard InChI is InChI=1S/2C12H8O4.Th/c2*13-11(14)9-5-6-10(12(15)16)8-4-2-1-3-7(8)9;/h2*1-6H,(H,13,14)(H,15,16);/q;;+4/p-4. The quantitative estimate of drug-likeness (QED) is 0.273. The Morgan fingerprint density at radius 2 is 0.576 bits per heavy atom. The van der Waals surface area contributed by atoms with Crippen LogP contribution >= 0.6 is 0 Å². The van der Waals surface area contributed by atoms with Gasteiger partial charge in [0.25, 0.3) is 0 Å². The molecule has 0 aliphatic rings. The molecule has 4 aromatic carbocycles. The molecule has 4 rings (SSSR count). The van der Waals surface area contributed by atoms with Gasteiger partial charge >= 0.3 is 39.9 Å². The van der Waals surface area contributed by atoms with Gasteiger partial charge in [0.2, 0.25) is 0 Å². The Kier molecular flexibility index (Phi) is 8.59. The molecule has 0 fully saturated rings. The Bertz CT molecular complexity index is 1180. The normalized spacial score (nSPS) is 9.94. The van der Waals surface area contributed by atoms with Gasteiger partial charge in [-0.05, 0) is 21.5 Å². The minimum Gasteiger partial charge on any atom is -0.545 e. The summed E-state index contributed by atoms with van der Waals surface area (Å²) in [6.07, 6.45) is 0. The van der Waals surface area contributed by atoms with Crippen molar-refractivity contribution in [3.8, 4) is 0 Å². The van der Waals surface area contributed by atoms with Crippen LogP contribution in [0.15, 0.2) is 72.8 Å². The zero-order valence-corrected chi connectivity index (χ0v) is 20.8. The molecule has 0 radical (unpaired) electrons. The van der Waals surface area contributed by atoms with Gasteiger partial charge in [0.15, 0.2) is 0 Å². The second kappa shape index (κ2) is 11.0. The third kappa shape index (κ3) is 5.51. The summed E-state index contributed by atoms with van der Waals surface area (Å²) in [4.78, 5) is 43.3. The van der Waals surface area contributed by atoms with Gasteiger partial charge in [-0.25, -0.2) is 0 Å². The minimum atomic E-state index is -1.33. The number of carbonyl (C=O) groups is 4. The smallest absolute Gasteiger partial charge is 0.545 e. The van der Waals surface area contributed by atoms with E-state index in [-0.39, 0.29) is 62.2 Å². The van der Waals surface area contributed by atoms with E-state index in [0.29, 0.717) is 21.5 Å². The molecular formula is C24H12O8Th. The van der Waals surface area contributed by atoms with E-state index in [2.05, 4.69) is 0 Å². The molecule has 0 heterocycles. The molecule has 33 heavy (non-hydrogen) atoms. The number of carbonyl (C=O) groups excluding carboxylic acids is 4. The van der Waals surface area contributed by atoms with Crippen LogP contribution in [0.3, 0.4) is 0 Å². The van der Waals surface area contributed by atoms with E-state index in [4.69, 9.17) is 0 Å². The molecule has 160 valence electrons. The summed E-state index contributed by atoms with van der Waals surface area (Å²) in [5.74, 6) is -5.33. The monoisotopic (exact) mass is 660 g/mol. The molecule has 0 amide bonds. The average Bonchev–Trinajstić information content (AvgIpc) is 2.77. The van der Waals surface area contributed by atoms with Crippen LogP contribution < -0.4 is 20.4 Å². The number of hydrogen-bond donors (Lipinski definition) is 0. The minimum absolute atomic E-state index is 0. The zero-order chi connectivity index (χ0) is 23.4. The van der Waals surface area contributed by atoms with Crippen molar-refractivity contribution in [3.05, 3.63) is 95.1 Å². The first-order valence-electron chi connectivity index (χ1n) is 9.11. The van der Waals surface area contributed by atoms with Crippen molar-refractivity contribution < 1.29 is 79.5 Å². The van der Waals surface area contributed by atoms with E-state index >= 15 is 0 Å².